The number of aromatic nitrogens is 3. The highest BCUT2D eigenvalue weighted by atomic mass is 32.1. The van der Waals surface area contributed by atoms with Gasteiger partial charge in [-0.1, -0.05) is 23.5 Å². The molecule has 41 heavy (non-hydrogen) atoms. The van der Waals surface area contributed by atoms with Crippen molar-refractivity contribution in [3.8, 4) is 11.3 Å². The lowest BCUT2D eigenvalue weighted by Crippen LogP contribution is -2.36. The number of carboxylic acids is 1. The van der Waals surface area contributed by atoms with E-state index in [-0.39, 0.29) is 22.3 Å². The van der Waals surface area contributed by atoms with E-state index in [2.05, 4.69) is 32.1 Å². The smallest absolute Gasteiger partial charge is 0.416 e. The number of alkyl halides is 3. The predicted octanol–water partition coefficient (Wildman–Crippen LogP) is 5.46. The molecule has 2 fully saturated rings. The molecule has 4 heterocycles. The molecule has 0 bridgehead atoms. The lowest BCUT2D eigenvalue weighted by Gasteiger charge is -2.30. The number of aliphatic carboxylic acids is 1. The van der Waals surface area contributed by atoms with E-state index in [1.807, 2.05) is 4.90 Å². The van der Waals surface area contributed by atoms with Crippen LogP contribution in [0.4, 0.5) is 24.1 Å². The topological polar surface area (TPSA) is 112 Å². The minimum absolute atomic E-state index is 0.0651. The monoisotopic (exact) mass is 588 g/mol. The van der Waals surface area contributed by atoms with E-state index < -0.39 is 23.6 Å². The standard InChI is InChI=1S/C28H31F3N6O3S/c1-16-5-6-19(12-20(16)28(29,30)31)24-22(15-37-9-3-4-17(37)2)41-27(34-24)35-25(38)21-13-33-23(14-32-21)36-10-7-18(8-11-36)26(39)40/h5-6,12-14,17-18H,3-4,7-11,15H2,1-2H3,(H,39,40)(H,34,35,38)/t17-/m1/s1. The summed E-state index contributed by atoms with van der Waals surface area (Å²) in [4.78, 5) is 42.4. The molecule has 0 aliphatic carbocycles. The number of hydrogen-bond donors (Lipinski definition) is 2. The van der Waals surface area contributed by atoms with Gasteiger partial charge in [-0.3, -0.25) is 19.8 Å². The summed E-state index contributed by atoms with van der Waals surface area (Å²) in [5, 5.41) is 12.2. The van der Waals surface area contributed by atoms with Crippen LogP contribution in [0.15, 0.2) is 30.6 Å². The van der Waals surface area contributed by atoms with Crippen molar-refractivity contribution in [2.75, 3.05) is 29.9 Å². The van der Waals surface area contributed by atoms with Crippen LogP contribution in [0.5, 0.6) is 0 Å². The number of rotatable bonds is 7. The van der Waals surface area contributed by atoms with Gasteiger partial charge in [0.1, 0.15) is 11.5 Å². The van der Waals surface area contributed by atoms with Crippen LogP contribution in [0, 0.1) is 12.8 Å². The number of carboxylic acid groups (broad SMARTS) is 1. The molecule has 0 unspecified atom stereocenters. The molecule has 0 radical (unpaired) electrons. The minimum atomic E-state index is -4.49. The van der Waals surface area contributed by atoms with E-state index >= 15 is 0 Å². The lowest BCUT2D eigenvalue weighted by molar-refractivity contribution is -0.142. The second-order valence-electron chi connectivity index (χ2n) is 10.6. The van der Waals surface area contributed by atoms with Crippen molar-refractivity contribution < 1.29 is 27.9 Å². The number of piperidine rings is 1. The van der Waals surface area contributed by atoms with Crippen molar-refractivity contribution in [2.24, 2.45) is 5.92 Å². The Hall–Kier alpha value is -3.58. The molecule has 2 aliphatic heterocycles. The Balaban J connectivity index is 1.36. The van der Waals surface area contributed by atoms with Crippen LogP contribution in [-0.4, -0.2) is 62.5 Å². The first-order chi connectivity index (χ1) is 19.5. The van der Waals surface area contributed by atoms with Crippen LogP contribution in [0.3, 0.4) is 0 Å². The maximum absolute atomic E-state index is 13.7. The summed E-state index contributed by atoms with van der Waals surface area (Å²) in [7, 11) is 0. The molecule has 218 valence electrons. The summed E-state index contributed by atoms with van der Waals surface area (Å²) in [5.74, 6) is -1.14. The summed E-state index contributed by atoms with van der Waals surface area (Å²) < 4.78 is 41.0. The number of halogens is 3. The third-order valence-corrected chi connectivity index (χ3v) is 8.77. The highest BCUT2D eigenvalue weighted by molar-refractivity contribution is 7.16. The number of aryl methyl sites for hydroxylation is 1. The van der Waals surface area contributed by atoms with Gasteiger partial charge in [0.25, 0.3) is 5.91 Å². The Kier molecular flexibility index (Phi) is 8.28. The Morgan fingerprint density at radius 1 is 1.12 bits per heavy atom. The largest absolute Gasteiger partial charge is 0.481 e. The molecule has 0 spiro atoms. The van der Waals surface area contributed by atoms with Crippen LogP contribution in [-0.2, 0) is 17.5 Å². The number of likely N-dealkylation sites (tertiary alicyclic amines) is 1. The second-order valence-corrected chi connectivity index (χ2v) is 11.7. The van der Waals surface area contributed by atoms with Gasteiger partial charge in [0.2, 0.25) is 0 Å². The second kappa shape index (κ2) is 11.7. The Morgan fingerprint density at radius 3 is 2.49 bits per heavy atom. The molecule has 2 saturated heterocycles. The van der Waals surface area contributed by atoms with Gasteiger partial charge in [-0.05, 0) is 57.7 Å². The van der Waals surface area contributed by atoms with Gasteiger partial charge in [0, 0.05) is 36.1 Å². The molecule has 1 amide bonds. The van der Waals surface area contributed by atoms with Crippen molar-refractivity contribution in [1.82, 2.24) is 19.9 Å². The van der Waals surface area contributed by atoms with Gasteiger partial charge in [-0.15, -0.1) is 0 Å². The maximum atomic E-state index is 13.7. The third kappa shape index (κ3) is 6.51. The van der Waals surface area contributed by atoms with Crippen molar-refractivity contribution in [3.63, 3.8) is 0 Å². The molecule has 3 aromatic rings. The molecular formula is C28H31F3N6O3S. The number of hydrogen-bond acceptors (Lipinski definition) is 8. The molecule has 0 saturated carbocycles. The summed E-state index contributed by atoms with van der Waals surface area (Å²) >= 11 is 1.24. The van der Waals surface area contributed by atoms with Gasteiger partial charge < -0.3 is 10.0 Å². The first kappa shape index (κ1) is 28.9. The molecule has 9 nitrogen and oxygen atoms in total. The first-order valence-electron chi connectivity index (χ1n) is 13.5. The molecule has 1 atom stereocenters. The fourth-order valence-electron chi connectivity index (χ4n) is 5.34. The molecule has 1 aromatic carbocycles. The average Bonchev–Trinajstić information content (AvgIpc) is 3.53. The number of thiazole rings is 1. The zero-order chi connectivity index (χ0) is 29.3. The molecule has 13 heteroatoms. The normalized spacial score (nSPS) is 18.6. The Morgan fingerprint density at radius 2 is 1.88 bits per heavy atom. The minimum Gasteiger partial charge on any atom is -0.481 e. The average molecular weight is 589 g/mol. The fraction of sp³-hybridized carbons (Fsp3) is 0.464. The Labute approximate surface area is 239 Å². The summed E-state index contributed by atoms with van der Waals surface area (Å²) in [6.45, 7) is 6.03. The molecule has 2 aromatic heterocycles. The number of benzene rings is 1. The molecule has 2 N–H and O–H groups in total. The van der Waals surface area contributed by atoms with Gasteiger partial charge >= 0.3 is 12.1 Å². The van der Waals surface area contributed by atoms with E-state index in [0.717, 1.165) is 30.3 Å². The van der Waals surface area contributed by atoms with Crippen LogP contribution in [0.2, 0.25) is 0 Å². The number of nitrogens with one attached hydrogen (secondary N) is 1. The number of amides is 1. The van der Waals surface area contributed by atoms with E-state index in [1.54, 1.807) is 6.07 Å². The van der Waals surface area contributed by atoms with Crippen LogP contribution in [0.1, 0.15) is 59.1 Å². The predicted molar refractivity (Wildman–Crippen MR) is 149 cm³/mol. The van der Waals surface area contributed by atoms with E-state index in [4.69, 9.17) is 0 Å². The third-order valence-electron chi connectivity index (χ3n) is 7.81. The molecular weight excluding hydrogens is 557 g/mol. The van der Waals surface area contributed by atoms with Crippen molar-refractivity contribution >= 4 is 34.2 Å². The van der Waals surface area contributed by atoms with Gasteiger partial charge in [-0.25, -0.2) is 15.0 Å². The van der Waals surface area contributed by atoms with Gasteiger partial charge in [0.15, 0.2) is 5.13 Å². The quantitative estimate of drug-likeness (QED) is 0.374. The first-order valence-corrected chi connectivity index (χ1v) is 14.3. The number of nitrogens with zero attached hydrogens (tertiary/aromatic N) is 5. The van der Waals surface area contributed by atoms with Crippen molar-refractivity contribution in [1.29, 1.82) is 0 Å². The van der Waals surface area contributed by atoms with Crippen LogP contribution < -0.4 is 10.2 Å². The number of carbonyl (C=O) groups is 2. The summed E-state index contributed by atoms with van der Waals surface area (Å²) in [5.41, 5.74) is 0.249. The lowest BCUT2D eigenvalue weighted by atomic mass is 9.97. The van der Waals surface area contributed by atoms with Crippen molar-refractivity contribution in [2.45, 2.75) is 58.3 Å². The zero-order valence-corrected chi connectivity index (χ0v) is 23.6. The fourth-order valence-corrected chi connectivity index (χ4v) is 6.35. The molecule has 5 rings (SSSR count). The SMILES string of the molecule is Cc1ccc(-c2nc(NC(=O)c3cnc(N4CCC(C(=O)O)CC4)cn3)sc2CN2CCC[C@H]2C)cc1C(F)(F)F. The highest BCUT2D eigenvalue weighted by Gasteiger charge is 2.33. The zero-order valence-electron chi connectivity index (χ0n) is 22.7. The Bertz CT molecular complexity index is 1420. The van der Waals surface area contributed by atoms with E-state index in [1.165, 1.54) is 36.7 Å². The van der Waals surface area contributed by atoms with E-state index in [9.17, 15) is 27.9 Å². The van der Waals surface area contributed by atoms with Crippen molar-refractivity contribution in [3.05, 3.63) is 52.3 Å². The summed E-state index contributed by atoms with van der Waals surface area (Å²) in [6, 6.07) is 4.54. The molecule has 2 aliphatic rings. The number of carbonyl (C=O) groups excluding carboxylic acids is 1. The van der Waals surface area contributed by atoms with E-state index in [0.29, 0.717) is 55.6 Å². The number of anilines is 2. The maximum Gasteiger partial charge on any atom is 0.416 e. The van der Waals surface area contributed by atoms with Gasteiger partial charge in [0.05, 0.1) is 29.6 Å². The highest BCUT2D eigenvalue weighted by Crippen LogP contribution is 2.38. The van der Waals surface area contributed by atoms with Gasteiger partial charge in [-0.2, -0.15) is 13.2 Å². The van der Waals surface area contributed by atoms with Crippen LogP contribution >= 0.6 is 11.3 Å². The van der Waals surface area contributed by atoms with Crippen LogP contribution in [0.25, 0.3) is 11.3 Å². The summed E-state index contributed by atoms with van der Waals surface area (Å²) in [6.07, 6.45) is 1.46.